The van der Waals surface area contributed by atoms with Gasteiger partial charge in [0.25, 0.3) is 0 Å². The normalized spacial score (nSPS) is 16.8. The number of nitrogens with one attached hydrogen (secondary N) is 1. The zero-order valence-corrected chi connectivity index (χ0v) is 19.5. The third-order valence-corrected chi connectivity index (χ3v) is 6.90. The molecule has 0 aromatic heterocycles. The predicted octanol–water partition coefficient (Wildman–Crippen LogP) is 4.83. The lowest BCUT2D eigenvalue weighted by atomic mass is 10.1. The van der Waals surface area contributed by atoms with Crippen LogP contribution < -0.4 is 14.8 Å². The van der Waals surface area contributed by atoms with Crippen LogP contribution in [0.15, 0.2) is 48.5 Å². The number of methoxy groups -OCH3 is 1. The minimum atomic E-state index is -0.101. The minimum absolute atomic E-state index is 0.0635. The fourth-order valence-electron chi connectivity index (χ4n) is 3.52. The van der Waals surface area contributed by atoms with E-state index in [0.29, 0.717) is 24.7 Å². The number of hydrogen-bond donors (Lipinski definition) is 1. The maximum atomic E-state index is 12.8. The first-order chi connectivity index (χ1) is 15.1. The van der Waals surface area contributed by atoms with E-state index in [1.807, 2.05) is 36.4 Å². The summed E-state index contributed by atoms with van der Waals surface area (Å²) in [6, 6.07) is 16.0. The standard InChI is InChI=1S/C25H33NO4S/c1-18(2)24(31-17-19-8-5-4-6-9-19)25(27)26-15-20-11-12-22(23(14-20)28-3)30-16-21-10-7-13-29-21/h4-6,8-9,11-12,14,18,21,24H,7,10,13,15-17H2,1-3H3,(H,26,27). The molecule has 5 nitrogen and oxygen atoms in total. The topological polar surface area (TPSA) is 56.8 Å². The summed E-state index contributed by atoms with van der Waals surface area (Å²) in [5.74, 6) is 2.50. The van der Waals surface area contributed by atoms with Gasteiger partial charge in [-0.2, -0.15) is 0 Å². The van der Waals surface area contributed by atoms with Crippen molar-refractivity contribution in [1.82, 2.24) is 5.32 Å². The Balaban J connectivity index is 1.53. The van der Waals surface area contributed by atoms with Gasteiger partial charge < -0.3 is 19.5 Å². The number of hydrogen-bond acceptors (Lipinski definition) is 5. The fourth-order valence-corrected chi connectivity index (χ4v) is 4.70. The molecule has 1 N–H and O–H groups in total. The van der Waals surface area contributed by atoms with E-state index in [1.165, 1.54) is 5.56 Å². The highest BCUT2D eigenvalue weighted by Gasteiger charge is 2.23. The Bertz CT molecular complexity index is 822. The lowest BCUT2D eigenvalue weighted by Gasteiger charge is -2.20. The molecule has 6 heteroatoms. The Morgan fingerprint density at radius 3 is 2.65 bits per heavy atom. The Morgan fingerprint density at radius 1 is 1.16 bits per heavy atom. The molecule has 0 saturated carbocycles. The van der Waals surface area contributed by atoms with Crippen LogP contribution in [0.2, 0.25) is 0 Å². The van der Waals surface area contributed by atoms with E-state index in [1.54, 1.807) is 18.9 Å². The molecule has 2 aromatic carbocycles. The monoisotopic (exact) mass is 443 g/mol. The molecule has 3 rings (SSSR count). The zero-order chi connectivity index (χ0) is 22.1. The molecular formula is C25H33NO4S. The van der Waals surface area contributed by atoms with Crippen LogP contribution in [0.1, 0.15) is 37.8 Å². The molecule has 1 saturated heterocycles. The van der Waals surface area contributed by atoms with E-state index in [4.69, 9.17) is 14.2 Å². The summed E-state index contributed by atoms with van der Waals surface area (Å²) in [6.45, 7) is 5.97. The average Bonchev–Trinajstić information content (AvgIpc) is 3.30. The van der Waals surface area contributed by atoms with Crippen molar-refractivity contribution >= 4 is 17.7 Å². The molecule has 168 valence electrons. The predicted molar refractivity (Wildman–Crippen MR) is 126 cm³/mol. The molecule has 31 heavy (non-hydrogen) atoms. The second kappa shape index (κ2) is 12.0. The second-order valence-corrected chi connectivity index (χ2v) is 9.24. The van der Waals surface area contributed by atoms with Crippen molar-refractivity contribution < 1.29 is 19.0 Å². The van der Waals surface area contributed by atoms with Crippen LogP contribution in [-0.4, -0.2) is 37.6 Å². The van der Waals surface area contributed by atoms with Gasteiger partial charge in [0.2, 0.25) is 5.91 Å². The largest absolute Gasteiger partial charge is 0.493 e. The minimum Gasteiger partial charge on any atom is -0.493 e. The number of thioether (sulfide) groups is 1. The van der Waals surface area contributed by atoms with Crippen molar-refractivity contribution in [3.8, 4) is 11.5 Å². The zero-order valence-electron chi connectivity index (χ0n) is 18.6. The van der Waals surface area contributed by atoms with Crippen LogP contribution in [0, 0.1) is 5.92 Å². The maximum Gasteiger partial charge on any atom is 0.233 e. The number of amides is 1. The van der Waals surface area contributed by atoms with Crippen molar-refractivity contribution in [2.45, 2.75) is 50.3 Å². The number of rotatable bonds is 11. The molecule has 1 aliphatic rings. The fraction of sp³-hybridized carbons (Fsp3) is 0.480. The van der Waals surface area contributed by atoms with Crippen molar-refractivity contribution in [2.75, 3.05) is 20.3 Å². The lowest BCUT2D eigenvalue weighted by Crippen LogP contribution is -2.35. The number of carbonyl (C=O) groups excluding carboxylic acids is 1. The van der Waals surface area contributed by atoms with E-state index in [9.17, 15) is 4.79 Å². The van der Waals surface area contributed by atoms with Gasteiger partial charge in [-0.05, 0) is 42.0 Å². The Hall–Kier alpha value is -2.18. The van der Waals surface area contributed by atoms with Crippen LogP contribution in [0.3, 0.4) is 0 Å². The first kappa shape index (κ1) is 23.5. The van der Waals surface area contributed by atoms with Gasteiger partial charge in [-0.15, -0.1) is 11.8 Å². The highest BCUT2D eigenvalue weighted by atomic mass is 32.2. The van der Waals surface area contributed by atoms with Crippen molar-refractivity contribution in [3.05, 3.63) is 59.7 Å². The van der Waals surface area contributed by atoms with Crippen LogP contribution in [0.5, 0.6) is 11.5 Å². The van der Waals surface area contributed by atoms with Crippen molar-refractivity contribution in [1.29, 1.82) is 0 Å². The summed E-state index contributed by atoms with van der Waals surface area (Å²) in [5, 5.41) is 2.99. The van der Waals surface area contributed by atoms with E-state index in [0.717, 1.165) is 30.8 Å². The molecule has 1 heterocycles. The van der Waals surface area contributed by atoms with Crippen molar-refractivity contribution in [3.63, 3.8) is 0 Å². The average molecular weight is 444 g/mol. The second-order valence-electron chi connectivity index (χ2n) is 8.11. The van der Waals surface area contributed by atoms with E-state index in [2.05, 4.69) is 31.3 Å². The molecule has 0 spiro atoms. The molecule has 2 aromatic rings. The van der Waals surface area contributed by atoms with Gasteiger partial charge in [-0.25, -0.2) is 0 Å². The lowest BCUT2D eigenvalue weighted by molar-refractivity contribution is -0.121. The highest BCUT2D eigenvalue weighted by molar-refractivity contribution is 7.99. The number of benzene rings is 2. The number of ether oxygens (including phenoxy) is 3. The van der Waals surface area contributed by atoms with Crippen LogP contribution in [0.4, 0.5) is 0 Å². The molecule has 2 unspecified atom stereocenters. The Labute approximate surface area is 189 Å². The van der Waals surface area contributed by atoms with Crippen LogP contribution in [0.25, 0.3) is 0 Å². The van der Waals surface area contributed by atoms with Crippen molar-refractivity contribution in [2.24, 2.45) is 5.92 Å². The number of carbonyl (C=O) groups is 1. The van der Waals surface area contributed by atoms with Gasteiger partial charge >= 0.3 is 0 Å². The molecule has 0 radical (unpaired) electrons. The van der Waals surface area contributed by atoms with Gasteiger partial charge in [0.15, 0.2) is 11.5 Å². The molecule has 1 amide bonds. The summed E-state index contributed by atoms with van der Waals surface area (Å²) in [7, 11) is 1.63. The molecular weight excluding hydrogens is 410 g/mol. The molecule has 0 aliphatic carbocycles. The maximum absolute atomic E-state index is 12.8. The summed E-state index contributed by atoms with van der Waals surface area (Å²) in [4.78, 5) is 12.8. The van der Waals surface area contributed by atoms with Crippen LogP contribution in [-0.2, 0) is 21.8 Å². The van der Waals surface area contributed by atoms with Gasteiger partial charge in [0, 0.05) is 18.9 Å². The molecule has 2 atom stereocenters. The van der Waals surface area contributed by atoms with Gasteiger partial charge in [0.05, 0.1) is 18.5 Å². The Morgan fingerprint density at radius 2 is 1.97 bits per heavy atom. The third kappa shape index (κ3) is 7.18. The van der Waals surface area contributed by atoms with E-state index in [-0.39, 0.29) is 23.2 Å². The van der Waals surface area contributed by atoms with Crippen LogP contribution >= 0.6 is 11.8 Å². The summed E-state index contributed by atoms with van der Waals surface area (Å²) in [6.07, 6.45) is 2.28. The molecule has 1 fully saturated rings. The van der Waals surface area contributed by atoms with Gasteiger partial charge in [-0.1, -0.05) is 50.2 Å². The SMILES string of the molecule is COc1cc(CNC(=O)C(SCc2ccccc2)C(C)C)ccc1OCC1CCCO1. The first-order valence-electron chi connectivity index (χ1n) is 10.9. The highest BCUT2D eigenvalue weighted by Crippen LogP contribution is 2.29. The Kier molecular flexibility index (Phi) is 9.10. The van der Waals surface area contributed by atoms with Gasteiger partial charge in [0.1, 0.15) is 6.61 Å². The van der Waals surface area contributed by atoms with Gasteiger partial charge in [-0.3, -0.25) is 4.79 Å². The quantitative estimate of drug-likeness (QED) is 0.539. The smallest absolute Gasteiger partial charge is 0.233 e. The summed E-state index contributed by atoms with van der Waals surface area (Å²) >= 11 is 1.69. The molecule has 1 aliphatic heterocycles. The van der Waals surface area contributed by atoms with E-state index >= 15 is 0 Å². The molecule has 0 bridgehead atoms. The van der Waals surface area contributed by atoms with E-state index < -0.39 is 0 Å². The first-order valence-corrected chi connectivity index (χ1v) is 12.0. The summed E-state index contributed by atoms with van der Waals surface area (Å²) < 4.78 is 17.0. The summed E-state index contributed by atoms with van der Waals surface area (Å²) in [5.41, 5.74) is 2.21. The third-order valence-electron chi connectivity index (χ3n) is 5.28.